The first-order chi connectivity index (χ1) is 17.0. The summed E-state index contributed by atoms with van der Waals surface area (Å²) < 4.78 is 1.86. The average Bonchev–Trinajstić information content (AvgIpc) is 2.84. The lowest BCUT2D eigenvalue weighted by Crippen LogP contribution is -2.43. The fraction of sp³-hybridized carbons (Fsp3) is 0.643. The summed E-state index contributed by atoms with van der Waals surface area (Å²) in [6.45, 7) is 15.6. The van der Waals surface area contributed by atoms with E-state index < -0.39 is 8.07 Å². The molecule has 2 heterocycles. The van der Waals surface area contributed by atoms with Crippen molar-refractivity contribution in [2.75, 3.05) is 6.26 Å². The standard InChI is InChI=1S/C28H42N4O2SSi/c1-9-25(33)30-22-10-12-23(13-11-22)32-26(34)16-21(24-17-29-28(35-8)31-27(24)32)14-15-36(18(2)3,19(4)5)20(6)7/h16-20,22-23H,9-13H2,1-8H3,(H,30,33). The Morgan fingerprint density at radius 3 is 2.28 bits per heavy atom. The van der Waals surface area contributed by atoms with Crippen molar-refractivity contribution >= 4 is 36.8 Å². The number of nitrogens with zero attached hydrogens (tertiary/aromatic N) is 3. The molecule has 36 heavy (non-hydrogen) atoms. The highest BCUT2D eigenvalue weighted by Crippen LogP contribution is 2.41. The van der Waals surface area contributed by atoms with Crippen molar-refractivity contribution < 1.29 is 4.79 Å². The van der Waals surface area contributed by atoms with Crippen molar-refractivity contribution in [2.24, 2.45) is 0 Å². The molecule has 1 aliphatic rings. The Hall–Kier alpha value is -2.11. The number of aromatic nitrogens is 3. The van der Waals surface area contributed by atoms with E-state index in [-0.39, 0.29) is 23.6 Å². The van der Waals surface area contributed by atoms with E-state index in [0.29, 0.717) is 33.8 Å². The molecule has 196 valence electrons. The Morgan fingerprint density at radius 1 is 1.14 bits per heavy atom. The van der Waals surface area contributed by atoms with Crippen LogP contribution in [0.5, 0.6) is 0 Å². The molecule has 0 atom stereocenters. The number of carbonyl (C=O) groups excluding carboxylic acids is 1. The third-order valence-corrected chi connectivity index (χ3v) is 14.8. The largest absolute Gasteiger partial charge is 0.353 e. The van der Waals surface area contributed by atoms with Gasteiger partial charge >= 0.3 is 0 Å². The maximum atomic E-state index is 13.6. The second-order valence-electron chi connectivity index (χ2n) is 10.9. The van der Waals surface area contributed by atoms with Crippen molar-refractivity contribution in [3.8, 4) is 11.5 Å². The van der Waals surface area contributed by atoms with E-state index >= 15 is 0 Å². The lowest BCUT2D eigenvalue weighted by molar-refractivity contribution is -0.121. The molecule has 1 aliphatic carbocycles. The van der Waals surface area contributed by atoms with Crippen molar-refractivity contribution in [3.63, 3.8) is 0 Å². The number of hydrogen-bond acceptors (Lipinski definition) is 5. The van der Waals surface area contributed by atoms with Crippen LogP contribution in [0.2, 0.25) is 16.6 Å². The van der Waals surface area contributed by atoms with Gasteiger partial charge in [-0.05, 0) is 48.6 Å². The molecule has 0 unspecified atom stereocenters. The van der Waals surface area contributed by atoms with Gasteiger partial charge in [0.2, 0.25) is 5.91 Å². The predicted molar refractivity (Wildman–Crippen MR) is 153 cm³/mol. The summed E-state index contributed by atoms with van der Waals surface area (Å²) in [5, 5.41) is 4.61. The number of rotatable bonds is 7. The van der Waals surface area contributed by atoms with Crippen molar-refractivity contribution in [2.45, 2.75) is 114 Å². The average molecular weight is 527 g/mol. The van der Waals surface area contributed by atoms with E-state index in [1.54, 1.807) is 6.07 Å². The van der Waals surface area contributed by atoms with Crippen LogP contribution in [0.4, 0.5) is 0 Å². The molecule has 1 saturated carbocycles. The smallest absolute Gasteiger partial charge is 0.253 e. The molecule has 0 radical (unpaired) electrons. The predicted octanol–water partition coefficient (Wildman–Crippen LogP) is 6.09. The Kier molecular flexibility index (Phi) is 9.45. The molecule has 1 fully saturated rings. The lowest BCUT2D eigenvalue weighted by atomic mass is 9.90. The maximum Gasteiger partial charge on any atom is 0.253 e. The maximum absolute atomic E-state index is 13.6. The highest BCUT2D eigenvalue weighted by molar-refractivity contribution is 7.98. The molecule has 6 nitrogen and oxygen atoms in total. The monoisotopic (exact) mass is 526 g/mol. The fourth-order valence-corrected chi connectivity index (χ4v) is 11.6. The van der Waals surface area contributed by atoms with Crippen molar-refractivity contribution in [1.29, 1.82) is 0 Å². The second-order valence-corrected chi connectivity index (χ2v) is 17.3. The van der Waals surface area contributed by atoms with E-state index in [2.05, 4.69) is 63.3 Å². The second kappa shape index (κ2) is 12.0. The number of amides is 1. The van der Waals surface area contributed by atoms with Gasteiger partial charge in [-0.25, -0.2) is 9.97 Å². The number of pyridine rings is 1. The minimum Gasteiger partial charge on any atom is -0.353 e. The first-order valence-corrected chi connectivity index (χ1v) is 16.8. The van der Waals surface area contributed by atoms with E-state index in [1.807, 2.05) is 23.9 Å². The van der Waals surface area contributed by atoms with Gasteiger partial charge < -0.3 is 5.32 Å². The molecule has 3 rings (SSSR count). The van der Waals surface area contributed by atoms with Gasteiger partial charge in [0.15, 0.2) is 5.16 Å². The lowest BCUT2D eigenvalue weighted by Gasteiger charge is -2.38. The van der Waals surface area contributed by atoms with Crippen LogP contribution in [-0.4, -0.2) is 40.8 Å². The normalized spacial score (nSPS) is 18.5. The Morgan fingerprint density at radius 2 is 1.75 bits per heavy atom. The van der Waals surface area contributed by atoms with E-state index in [9.17, 15) is 9.59 Å². The molecule has 1 N–H and O–H groups in total. The Bertz CT molecular complexity index is 1180. The Balaban J connectivity index is 2.09. The summed E-state index contributed by atoms with van der Waals surface area (Å²) >= 11 is 1.48. The van der Waals surface area contributed by atoms with Crippen LogP contribution in [0, 0.1) is 11.5 Å². The molecular formula is C28H42N4O2SSi. The number of fused-ring (bicyclic) bond motifs is 1. The summed E-state index contributed by atoms with van der Waals surface area (Å²) in [7, 11) is -1.95. The first kappa shape index (κ1) is 28.5. The topological polar surface area (TPSA) is 76.9 Å². The van der Waals surface area contributed by atoms with Gasteiger partial charge in [-0.2, -0.15) is 0 Å². The van der Waals surface area contributed by atoms with Gasteiger partial charge in [-0.1, -0.05) is 66.1 Å². The van der Waals surface area contributed by atoms with Crippen LogP contribution >= 0.6 is 11.8 Å². The van der Waals surface area contributed by atoms with E-state index in [1.165, 1.54) is 11.8 Å². The van der Waals surface area contributed by atoms with Gasteiger partial charge in [-0.15, -0.1) is 5.54 Å². The van der Waals surface area contributed by atoms with E-state index in [4.69, 9.17) is 4.98 Å². The number of nitrogens with one attached hydrogen (secondary N) is 1. The Labute approximate surface area is 221 Å². The molecule has 2 aromatic rings. The number of hydrogen-bond donors (Lipinski definition) is 1. The molecule has 0 saturated heterocycles. The zero-order valence-electron chi connectivity index (χ0n) is 23.1. The van der Waals surface area contributed by atoms with Crippen molar-refractivity contribution in [3.05, 3.63) is 28.2 Å². The quantitative estimate of drug-likeness (QED) is 0.204. The molecule has 0 spiro atoms. The number of carbonyl (C=O) groups is 1. The minimum absolute atomic E-state index is 0.0514. The third kappa shape index (κ3) is 5.73. The van der Waals surface area contributed by atoms with Gasteiger partial charge in [0.05, 0.1) is 5.39 Å². The molecule has 0 aromatic carbocycles. The van der Waals surface area contributed by atoms with Crippen LogP contribution in [0.25, 0.3) is 11.0 Å². The van der Waals surface area contributed by atoms with Crippen LogP contribution in [-0.2, 0) is 4.79 Å². The molecular weight excluding hydrogens is 484 g/mol. The van der Waals surface area contributed by atoms with Gasteiger partial charge in [0.1, 0.15) is 13.7 Å². The zero-order valence-corrected chi connectivity index (χ0v) is 25.0. The summed E-state index contributed by atoms with van der Waals surface area (Å²) in [6.07, 6.45) is 7.66. The molecule has 1 amide bonds. The van der Waals surface area contributed by atoms with Gasteiger partial charge in [0, 0.05) is 36.3 Å². The van der Waals surface area contributed by atoms with Crippen LogP contribution < -0.4 is 10.9 Å². The summed E-state index contributed by atoms with van der Waals surface area (Å²) in [5.74, 6) is 3.57. The fourth-order valence-electron chi connectivity index (χ4n) is 6.08. The third-order valence-electron chi connectivity index (χ3n) is 7.98. The highest BCUT2D eigenvalue weighted by atomic mass is 32.2. The molecule has 2 aromatic heterocycles. The summed E-state index contributed by atoms with van der Waals surface area (Å²) in [4.78, 5) is 34.7. The molecule has 0 aliphatic heterocycles. The molecule has 0 bridgehead atoms. The first-order valence-electron chi connectivity index (χ1n) is 13.3. The summed E-state index contributed by atoms with van der Waals surface area (Å²) in [5.41, 5.74) is 6.67. The van der Waals surface area contributed by atoms with Crippen LogP contribution in [0.3, 0.4) is 0 Å². The van der Waals surface area contributed by atoms with Crippen LogP contribution in [0.15, 0.2) is 22.2 Å². The number of thioether (sulfide) groups is 1. The van der Waals surface area contributed by atoms with Crippen LogP contribution in [0.1, 0.15) is 92.2 Å². The molecule has 8 heteroatoms. The van der Waals surface area contributed by atoms with Gasteiger partial charge in [0.25, 0.3) is 5.56 Å². The highest BCUT2D eigenvalue weighted by Gasteiger charge is 2.41. The summed E-state index contributed by atoms with van der Waals surface area (Å²) in [6, 6.07) is 1.93. The van der Waals surface area contributed by atoms with Crippen molar-refractivity contribution in [1.82, 2.24) is 19.9 Å². The van der Waals surface area contributed by atoms with Gasteiger partial charge in [-0.3, -0.25) is 14.2 Å². The zero-order chi connectivity index (χ0) is 26.6. The minimum atomic E-state index is -1.95. The van der Waals surface area contributed by atoms with E-state index in [0.717, 1.165) is 36.6 Å². The SMILES string of the molecule is CCC(=O)NC1CCC(n2c(=O)cc(C#C[Si](C(C)C)(C(C)C)C(C)C)c3cnc(SC)nc32)CC1.